The Morgan fingerprint density at radius 3 is 0.905 bits per heavy atom. The summed E-state index contributed by atoms with van der Waals surface area (Å²) in [6.45, 7) is 0. The molecule has 8 bridgehead atoms. The Morgan fingerprint density at radius 1 is 0.310 bits per heavy atom. The van der Waals surface area contributed by atoms with Crippen molar-refractivity contribution in [1.29, 1.82) is 0 Å². The van der Waals surface area contributed by atoms with E-state index in [1.807, 2.05) is 0 Å². The summed E-state index contributed by atoms with van der Waals surface area (Å²) in [5.74, 6) is 6.02. The molecule has 17 unspecified atom stereocenters. The smallest absolute Gasteiger partial charge is 0.0628 e. The molecule has 0 aromatic heterocycles. The molecule has 4 saturated carbocycles. The van der Waals surface area contributed by atoms with Gasteiger partial charge in [0, 0.05) is 27.0 Å². The number of nitrogens with one attached hydrogen (secondary N) is 8. The van der Waals surface area contributed by atoms with Gasteiger partial charge in [0.25, 0.3) is 0 Å². The van der Waals surface area contributed by atoms with Gasteiger partial charge in [0.15, 0.2) is 0 Å². The van der Waals surface area contributed by atoms with Gasteiger partial charge < -0.3 is 0 Å². The SMILES string of the molecule is [Co].[SiH3]C1CCCC2C3NC4NC(NC5NC(NC6NC(NC(N3)C12)C1CCCCC61)C1CCCCC51)C1CCCCC41. The first kappa shape index (κ1) is 29.8. The van der Waals surface area contributed by atoms with Gasteiger partial charge in [-0.15, -0.1) is 0 Å². The maximum Gasteiger partial charge on any atom is 0.0628 e. The third-order valence-electron chi connectivity index (χ3n) is 14.2. The van der Waals surface area contributed by atoms with Gasteiger partial charge in [-0.05, 0) is 97.8 Å². The van der Waals surface area contributed by atoms with E-state index in [0.29, 0.717) is 49.3 Å². The molecule has 239 valence electrons. The molecule has 5 saturated heterocycles. The van der Waals surface area contributed by atoms with Gasteiger partial charge in [-0.25, -0.2) is 0 Å². The topological polar surface area (TPSA) is 96.2 Å². The predicted molar refractivity (Wildman–Crippen MR) is 166 cm³/mol. The van der Waals surface area contributed by atoms with Gasteiger partial charge in [-0.2, -0.15) is 0 Å². The van der Waals surface area contributed by atoms with E-state index < -0.39 is 0 Å². The average molecular weight is 642 g/mol. The fourth-order valence-electron chi connectivity index (χ4n) is 12.4. The van der Waals surface area contributed by atoms with E-state index in [1.165, 1.54) is 107 Å². The summed E-state index contributed by atoms with van der Waals surface area (Å²) in [5, 5.41) is 34.0. The molecule has 5 aliphatic heterocycles. The molecular formula is C32H58CoN8Si. The van der Waals surface area contributed by atoms with Crippen LogP contribution in [-0.2, 0) is 16.8 Å². The van der Waals surface area contributed by atoms with Crippen LogP contribution in [0, 0.1) is 47.3 Å². The van der Waals surface area contributed by atoms with Crippen LogP contribution in [0.5, 0.6) is 0 Å². The Hall–Kier alpha value is 0.403. The van der Waals surface area contributed by atoms with Crippen LogP contribution < -0.4 is 42.5 Å². The number of fused-ring (bicyclic) bond motifs is 20. The van der Waals surface area contributed by atoms with Crippen LogP contribution in [-0.4, -0.2) is 59.6 Å². The summed E-state index contributed by atoms with van der Waals surface area (Å²) in [4.78, 5) is 0. The Labute approximate surface area is 267 Å². The van der Waals surface area contributed by atoms with Crippen LogP contribution in [0.3, 0.4) is 0 Å². The van der Waals surface area contributed by atoms with Crippen molar-refractivity contribution in [2.45, 2.75) is 151 Å². The van der Waals surface area contributed by atoms with E-state index in [-0.39, 0.29) is 16.8 Å². The van der Waals surface area contributed by atoms with Crippen molar-refractivity contribution < 1.29 is 16.8 Å². The van der Waals surface area contributed by atoms with Crippen LogP contribution in [0.4, 0.5) is 0 Å². The standard InChI is InChI=1S/C32H58N8Si.Co/c41-23-15-7-14-22-24(23)32-39-30-21-13-6-5-12-20(21)28(37-30)35-26-17-9-2-1-8-16(17)25(33-26)34-27-18-10-3-4-11-19(18)29(36-27)38-31(22)40-32;/h16-40H,1-15H2,41H3;. The molecular weight excluding hydrogens is 583 g/mol. The van der Waals surface area contributed by atoms with Crippen molar-refractivity contribution >= 4 is 10.2 Å². The van der Waals surface area contributed by atoms with Crippen LogP contribution in [0.1, 0.15) is 96.3 Å². The van der Waals surface area contributed by atoms with Crippen LogP contribution in [0.25, 0.3) is 0 Å². The third-order valence-corrected chi connectivity index (χ3v) is 15.6. The molecule has 1 radical (unpaired) electrons. The maximum absolute atomic E-state index is 4.31. The second kappa shape index (κ2) is 12.2. The van der Waals surface area contributed by atoms with Crippen molar-refractivity contribution in [3.05, 3.63) is 0 Å². The number of hydrogen-bond donors (Lipinski definition) is 8. The molecule has 9 fully saturated rings. The first-order valence-electron chi connectivity index (χ1n) is 18.3. The zero-order valence-corrected chi connectivity index (χ0v) is 28.8. The van der Waals surface area contributed by atoms with Crippen molar-refractivity contribution in [2.75, 3.05) is 0 Å². The van der Waals surface area contributed by atoms with E-state index in [2.05, 4.69) is 42.5 Å². The first-order chi connectivity index (χ1) is 20.2. The molecule has 17 atom stereocenters. The fourth-order valence-corrected chi connectivity index (χ4v) is 13.7. The number of hydrogen-bond acceptors (Lipinski definition) is 8. The second-order valence-corrected chi connectivity index (χ2v) is 17.6. The predicted octanol–water partition coefficient (Wildman–Crippen LogP) is 1.37. The molecule has 4 aliphatic carbocycles. The Balaban J connectivity index is 0.00000267. The molecule has 9 rings (SSSR count). The molecule has 0 aromatic carbocycles. The maximum atomic E-state index is 4.31. The van der Waals surface area contributed by atoms with Crippen molar-refractivity contribution in [3.63, 3.8) is 0 Å². The Morgan fingerprint density at radius 2 is 0.571 bits per heavy atom. The minimum absolute atomic E-state index is 0. The Kier molecular flexibility index (Phi) is 8.66. The van der Waals surface area contributed by atoms with Crippen LogP contribution >= 0.6 is 0 Å². The summed E-state index contributed by atoms with van der Waals surface area (Å²) < 4.78 is 0. The van der Waals surface area contributed by atoms with Gasteiger partial charge in [-0.3, -0.25) is 42.5 Å². The summed E-state index contributed by atoms with van der Waals surface area (Å²) in [5.41, 5.74) is 0.918. The van der Waals surface area contributed by atoms with Crippen LogP contribution in [0.2, 0.25) is 5.54 Å². The normalized spacial score (nSPS) is 57.0. The molecule has 42 heavy (non-hydrogen) atoms. The molecule has 8 N–H and O–H groups in total. The van der Waals surface area contributed by atoms with E-state index in [9.17, 15) is 0 Å². The molecule has 10 heteroatoms. The van der Waals surface area contributed by atoms with E-state index in [1.54, 1.807) is 0 Å². The van der Waals surface area contributed by atoms with E-state index in [0.717, 1.165) is 52.9 Å². The third kappa shape index (κ3) is 5.05. The molecule has 9 aliphatic rings. The zero-order chi connectivity index (χ0) is 27.1. The first-order valence-corrected chi connectivity index (χ1v) is 19.5. The van der Waals surface area contributed by atoms with E-state index in [4.69, 9.17) is 0 Å². The zero-order valence-electron chi connectivity index (χ0n) is 25.8. The molecule has 5 heterocycles. The minimum atomic E-state index is 0. The molecule has 0 spiro atoms. The average Bonchev–Trinajstić information content (AvgIpc) is 3.73. The summed E-state index contributed by atoms with van der Waals surface area (Å²) in [6.07, 6.45) is 24.3. The largest absolute Gasteiger partial charge is 0.286 e. The molecule has 0 amide bonds. The van der Waals surface area contributed by atoms with Gasteiger partial charge in [-0.1, -0.05) is 51.4 Å². The minimum Gasteiger partial charge on any atom is -0.286 e. The van der Waals surface area contributed by atoms with Gasteiger partial charge in [0.1, 0.15) is 0 Å². The van der Waals surface area contributed by atoms with Crippen molar-refractivity contribution in [1.82, 2.24) is 42.5 Å². The van der Waals surface area contributed by atoms with Gasteiger partial charge in [0.05, 0.1) is 49.3 Å². The van der Waals surface area contributed by atoms with Crippen molar-refractivity contribution in [2.24, 2.45) is 47.3 Å². The summed E-state index contributed by atoms with van der Waals surface area (Å²) in [6, 6.07) is 0. The second-order valence-electron chi connectivity index (χ2n) is 16.1. The molecule has 0 aromatic rings. The Bertz CT molecular complexity index is 959. The van der Waals surface area contributed by atoms with Crippen molar-refractivity contribution in [3.8, 4) is 0 Å². The molecule has 8 nitrogen and oxygen atoms in total. The quantitative estimate of drug-likeness (QED) is 0.188. The van der Waals surface area contributed by atoms with E-state index >= 15 is 0 Å². The summed E-state index contributed by atoms with van der Waals surface area (Å²) in [7, 11) is 1.32. The monoisotopic (exact) mass is 641 g/mol. The van der Waals surface area contributed by atoms with Gasteiger partial charge in [0.2, 0.25) is 0 Å². The fraction of sp³-hybridized carbons (Fsp3) is 1.00. The summed E-state index contributed by atoms with van der Waals surface area (Å²) >= 11 is 0. The van der Waals surface area contributed by atoms with Crippen LogP contribution in [0.15, 0.2) is 0 Å². The number of rotatable bonds is 0. The van der Waals surface area contributed by atoms with Gasteiger partial charge >= 0.3 is 0 Å².